The molecule has 2 N–H and O–H groups in total. The molecule has 0 bridgehead atoms. The van der Waals surface area contributed by atoms with Gasteiger partial charge in [0.25, 0.3) is 0 Å². The summed E-state index contributed by atoms with van der Waals surface area (Å²) in [6, 6.07) is 3.63. The highest BCUT2D eigenvalue weighted by Crippen LogP contribution is 1.99. The van der Waals surface area contributed by atoms with E-state index in [0.717, 1.165) is 5.52 Å². The Morgan fingerprint density at radius 3 is 3.40 bits per heavy atom. The van der Waals surface area contributed by atoms with Crippen molar-refractivity contribution in [1.29, 1.82) is 0 Å². The molecular formula is C6H5N4. The van der Waals surface area contributed by atoms with Crippen LogP contribution in [0.3, 0.4) is 0 Å². The second-order valence-corrected chi connectivity index (χ2v) is 1.92. The Balaban J connectivity index is 2.86. The number of nitrogens with two attached hydrogens (primary N) is 1. The van der Waals surface area contributed by atoms with Crippen molar-refractivity contribution < 1.29 is 0 Å². The van der Waals surface area contributed by atoms with Crippen molar-refractivity contribution in [2.75, 3.05) is 5.73 Å². The first kappa shape index (κ1) is 5.22. The third-order valence-corrected chi connectivity index (χ3v) is 1.23. The Morgan fingerprint density at radius 1 is 1.60 bits per heavy atom. The number of fused-ring (bicyclic) bond motifs is 1. The zero-order chi connectivity index (χ0) is 6.97. The Morgan fingerprint density at radius 2 is 2.50 bits per heavy atom. The van der Waals surface area contributed by atoms with Crippen LogP contribution in [-0.2, 0) is 0 Å². The van der Waals surface area contributed by atoms with Crippen LogP contribution < -0.4 is 5.73 Å². The monoisotopic (exact) mass is 133 g/mol. The van der Waals surface area contributed by atoms with Crippen LogP contribution in [-0.4, -0.2) is 14.6 Å². The Labute approximate surface area is 57.3 Å². The highest BCUT2D eigenvalue weighted by atomic mass is 15.3. The first-order valence-electron chi connectivity index (χ1n) is 2.84. The van der Waals surface area contributed by atoms with E-state index in [2.05, 4.69) is 16.3 Å². The fourth-order valence-corrected chi connectivity index (χ4v) is 0.783. The van der Waals surface area contributed by atoms with Gasteiger partial charge in [0.15, 0.2) is 0 Å². The summed E-state index contributed by atoms with van der Waals surface area (Å²) in [5.41, 5.74) is 6.22. The largest absolute Gasteiger partial charge is 0.367 e. The normalized spacial score (nSPS) is 10.4. The third kappa shape index (κ3) is 0.621. The average Bonchev–Trinajstić information content (AvgIpc) is 2.33. The molecule has 0 aliphatic rings. The highest BCUT2D eigenvalue weighted by Gasteiger charge is 1.92. The standard InChI is InChI=1S/C6H5N4/c7-6-8-4-5-2-1-3-10(5)9-6/h1-2,4H,(H2,7,9). The van der Waals surface area contributed by atoms with Crippen molar-refractivity contribution in [3.63, 3.8) is 0 Å². The van der Waals surface area contributed by atoms with E-state index >= 15 is 0 Å². The van der Waals surface area contributed by atoms with E-state index in [0.29, 0.717) is 0 Å². The van der Waals surface area contributed by atoms with Crippen LogP contribution in [0.2, 0.25) is 0 Å². The fraction of sp³-hybridized carbons (Fsp3) is 0. The second-order valence-electron chi connectivity index (χ2n) is 1.92. The Hall–Kier alpha value is -1.58. The lowest BCUT2D eigenvalue weighted by molar-refractivity contribution is 0.911. The summed E-state index contributed by atoms with van der Waals surface area (Å²) in [5, 5.41) is 3.86. The van der Waals surface area contributed by atoms with Crippen LogP contribution >= 0.6 is 0 Å². The van der Waals surface area contributed by atoms with E-state index < -0.39 is 0 Å². The smallest absolute Gasteiger partial charge is 0.238 e. The number of nitrogen functional groups attached to an aromatic ring is 1. The van der Waals surface area contributed by atoms with Crippen LogP contribution in [0.15, 0.2) is 18.3 Å². The number of anilines is 1. The molecule has 0 saturated carbocycles. The zero-order valence-electron chi connectivity index (χ0n) is 5.15. The van der Waals surface area contributed by atoms with Crippen LogP contribution in [0, 0.1) is 6.20 Å². The molecule has 2 aromatic heterocycles. The number of aromatic nitrogens is 3. The van der Waals surface area contributed by atoms with Gasteiger partial charge in [-0.2, -0.15) is 0 Å². The first-order valence-corrected chi connectivity index (χ1v) is 2.84. The van der Waals surface area contributed by atoms with Crippen molar-refractivity contribution in [3.05, 3.63) is 24.5 Å². The lowest BCUT2D eigenvalue weighted by Crippen LogP contribution is -1.98. The zero-order valence-corrected chi connectivity index (χ0v) is 5.15. The van der Waals surface area contributed by atoms with Gasteiger partial charge in [0.05, 0.1) is 17.9 Å². The van der Waals surface area contributed by atoms with Gasteiger partial charge in [0.2, 0.25) is 5.95 Å². The lowest BCUT2D eigenvalue weighted by atomic mass is 10.5. The van der Waals surface area contributed by atoms with E-state index in [-0.39, 0.29) is 5.95 Å². The van der Waals surface area contributed by atoms with Crippen LogP contribution in [0.5, 0.6) is 0 Å². The van der Waals surface area contributed by atoms with E-state index in [4.69, 9.17) is 5.73 Å². The number of hydrogen-bond acceptors (Lipinski definition) is 3. The summed E-state index contributed by atoms with van der Waals surface area (Å²) in [5.74, 6) is 0.264. The van der Waals surface area contributed by atoms with Crippen molar-refractivity contribution >= 4 is 11.5 Å². The van der Waals surface area contributed by atoms with Gasteiger partial charge in [-0.3, -0.25) is 0 Å². The van der Waals surface area contributed by atoms with E-state index in [1.165, 1.54) is 0 Å². The van der Waals surface area contributed by atoms with Gasteiger partial charge in [-0.1, -0.05) is 0 Å². The predicted molar refractivity (Wildman–Crippen MR) is 36.2 cm³/mol. The summed E-state index contributed by atoms with van der Waals surface area (Å²) in [4.78, 5) is 3.81. The minimum Gasteiger partial charge on any atom is -0.367 e. The Bertz CT molecular complexity index is 351. The maximum atomic E-state index is 5.32. The van der Waals surface area contributed by atoms with Gasteiger partial charge >= 0.3 is 0 Å². The molecule has 0 aliphatic heterocycles. The summed E-state index contributed by atoms with van der Waals surface area (Å²) >= 11 is 0. The highest BCUT2D eigenvalue weighted by molar-refractivity contribution is 5.44. The molecule has 4 nitrogen and oxygen atoms in total. The average molecular weight is 133 g/mol. The molecule has 0 atom stereocenters. The molecule has 0 aliphatic carbocycles. The van der Waals surface area contributed by atoms with Crippen LogP contribution in [0.4, 0.5) is 5.95 Å². The summed E-state index contributed by atoms with van der Waals surface area (Å²) in [7, 11) is 0. The SMILES string of the molecule is Nc1ncc2cc[c]n2n1. The summed E-state index contributed by atoms with van der Waals surface area (Å²) < 4.78 is 1.56. The maximum Gasteiger partial charge on any atom is 0.238 e. The maximum absolute atomic E-state index is 5.32. The molecule has 0 amide bonds. The molecule has 2 aromatic rings. The minimum absolute atomic E-state index is 0.264. The first-order chi connectivity index (χ1) is 4.86. The molecule has 4 heteroatoms. The van der Waals surface area contributed by atoms with Crippen molar-refractivity contribution in [2.24, 2.45) is 0 Å². The van der Waals surface area contributed by atoms with E-state index in [1.807, 2.05) is 6.07 Å². The quantitative estimate of drug-likeness (QED) is 0.555. The fourth-order valence-electron chi connectivity index (χ4n) is 0.783. The molecule has 0 spiro atoms. The molecule has 0 fully saturated rings. The predicted octanol–water partition coefficient (Wildman–Crippen LogP) is 0.112. The molecule has 2 rings (SSSR count). The van der Waals surface area contributed by atoms with Gasteiger partial charge < -0.3 is 5.73 Å². The number of hydrogen-bond donors (Lipinski definition) is 1. The van der Waals surface area contributed by atoms with Gasteiger partial charge in [-0.15, -0.1) is 5.10 Å². The van der Waals surface area contributed by atoms with Gasteiger partial charge in [-0.25, -0.2) is 9.50 Å². The minimum atomic E-state index is 0.264. The molecule has 1 radical (unpaired) electrons. The van der Waals surface area contributed by atoms with E-state index in [9.17, 15) is 0 Å². The van der Waals surface area contributed by atoms with Crippen molar-refractivity contribution in [1.82, 2.24) is 14.6 Å². The Kier molecular flexibility index (Phi) is 0.887. The van der Waals surface area contributed by atoms with Gasteiger partial charge in [0.1, 0.15) is 0 Å². The van der Waals surface area contributed by atoms with Crippen LogP contribution in [0.25, 0.3) is 5.52 Å². The molecule has 0 saturated heterocycles. The second kappa shape index (κ2) is 1.70. The van der Waals surface area contributed by atoms with E-state index in [1.54, 1.807) is 16.8 Å². The van der Waals surface area contributed by atoms with Gasteiger partial charge in [0, 0.05) is 0 Å². The molecule has 10 heavy (non-hydrogen) atoms. The summed E-state index contributed by atoms with van der Waals surface area (Å²) in [6.45, 7) is 0. The van der Waals surface area contributed by atoms with Crippen LogP contribution in [0.1, 0.15) is 0 Å². The molecular weight excluding hydrogens is 128 g/mol. The molecule has 0 unspecified atom stereocenters. The molecule has 2 heterocycles. The third-order valence-electron chi connectivity index (χ3n) is 1.23. The topological polar surface area (TPSA) is 56.2 Å². The lowest BCUT2D eigenvalue weighted by Gasteiger charge is -1.91. The van der Waals surface area contributed by atoms with Gasteiger partial charge in [-0.05, 0) is 12.1 Å². The van der Waals surface area contributed by atoms with Crippen molar-refractivity contribution in [2.45, 2.75) is 0 Å². The van der Waals surface area contributed by atoms with Crippen molar-refractivity contribution in [3.8, 4) is 0 Å². The number of rotatable bonds is 0. The number of nitrogens with zero attached hydrogens (tertiary/aromatic N) is 3. The molecule has 49 valence electrons. The molecule has 0 aromatic carbocycles. The summed E-state index contributed by atoms with van der Waals surface area (Å²) in [6.07, 6.45) is 4.50.